The molecule has 1 fully saturated rings. The molecule has 0 saturated heterocycles. The van der Waals surface area contributed by atoms with Crippen molar-refractivity contribution in [1.82, 2.24) is 15.1 Å². The number of nitrogens with zero attached hydrogens (tertiary/aromatic N) is 3. The molecule has 2 aromatic rings. The molecule has 6 nitrogen and oxygen atoms in total. The third-order valence-corrected chi connectivity index (χ3v) is 4.05. The third-order valence-electron chi connectivity index (χ3n) is 3.46. The topological polar surface area (TPSA) is 89.1 Å². The van der Waals surface area contributed by atoms with E-state index in [1.165, 1.54) is 11.3 Å². The zero-order valence-corrected chi connectivity index (χ0v) is 10.6. The summed E-state index contributed by atoms with van der Waals surface area (Å²) >= 11 is 1.45. The van der Waals surface area contributed by atoms with Gasteiger partial charge in [0.25, 0.3) is 0 Å². The zero-order chi connectivity index (χ0) is 12.9. The van der Waals surface area contributed by atoms with Gasteiger partial charge in [-0.25, -0.2) is 4.98 Å². The van der Waals surface area contributed by atoms with Gasteiger partial charge in [-0.05, 0) is 5.41 Å². The lowest BCUT2D eigenvalue weighted by Gasteiger charge is -1.96. The van der Waals surface area contributed by atoms with Crippen LogP contribution in [0.5, 0.6) is 0 Å². The highest BCUT2D eigenvalue weighted by Gasteiger charge is 2.65. The molecule has 2 heterocycles. The zero-order valence-electron chi connectivity index (χ0n) is 9.82. The SMILES string of the molecule is CC1(C)C(C(=O)O)C1c1nc(-c2cscn2)no1. The lowest BCUT2D eigenvalue weighted by molar-refractivity contribution is -0.139. The second-order valence-electron chi connectivity index (χ2n) is 4.94. The minimum atomic E-state index is -0.821. The Bertz CT molecular complexity index is 590. The molecule has 0 radical (unpaired) electrons. The Labute approximate surface area is 107 Å². The molecule has 1 N–H and O–H groups in total. The van der Waals surface area contributed by atoms with Crippen molar-refractivity contribution >= 4 is 17.3 Å². The highest BCUT2D eigenvalue weighted by atomic mass is 32.1. The molecule has 3 rings (SSSR count). The number of rotatable bonds is 3. The van der Waals surface area contributed by atoms with Crippen molar-refractivity contribution in [2.45, 2.75) is 19.8 Å². The first-order valence-corrected chi connectivity index (χ1v) is 6.41. The molecule has 18 heavy (non-hydrogen) atoms. The van der Waals surface area contributed by atoms with E-state index in [-0.39, 0.29) is 11.3 Å². The van der Waals surface area contributed by atoms with Crippen LogP contribution in [0.3, 0.4) is 0 Å². The van der Waals surface area contributed by atoms with Crippen molar-refractivity contribution in [1.29, 1.82) is 0 Å². The maximum absolute atomic E-state index is 11.1. The first-order chi connectivity index (χ1) is 8.51. The van der Waals surface area contributed by atoms with Crippen LogP contribution in [0.15, 0.2) is 15.4 Å². The average Bonchev–Trinajstić information content (AvgIpc) is 2.80. The summed E-state index contributed by atoms with van der Waals surface area (Å²) in [4.78, 5) is 19.4. The first kappa shape index (κ1) is 11.3. The Balaban J connectivity index is 1.90. The second-order valence-corrected chi connectivity index (χ2v) is 5.66. The predicted octanol–water partition coefficient (Wildman–Crippen LogP) is 2.02. The van der Waals surface area contributed by atoms with Crippen LogP contribution in [0.2, 0.25) is 0 Å². The van der Waals surface area contributed by atoms with Crippen LogP contribution in [-0.4, -0.2) is 26.2 Å². The largest absolute Gasteiger partial charge is 0.481 e. The van der Waals surface area contributed by atoms with Crippen LogP contribution in [0, 0.1) is 11.3 Å². The van der Waals surface area contributed by atoms with Crippen LogP contribution in [0.25, 0.3) is 11.5 Å². The third kappa shape index (κ3) is 1.54. The summed E-state index contributed by atoms with van der Waals surface area (Å²) in [5.74, 6) is -0.692. The summed E-state index contributed by atoms with van der Waals surface area (Å²) in [5, 5.41) is 14.8. The van der Waals surface area contributed by atoms with Crippen LogP contribution in [-0.2, 0) is 4.79 Å². The predicted molar refractivity (Wildman–Crippen MR) is 63.1 cm³/mol. The summed E-state index contributed by atoms with van der Waals surface area (Å²) < 4.78 is 5.17. The average molecular weight is 265 g/mol. The van der Waals surface area contributed by atoms with Crippen molar-refractivity contribution in [2.75, 3.05) is 0 Å². The number of carboxylic acids is 1. The highest BCUT2D eigenvalue weighted by molar-refractivity contribution is 7.07. The second kappa shape index (κ2) is 3.61. The smallest absolute Gasteiger partial charge is 0.307 e. The fourth-order valence-corrected chi connectivity index (χ4v) is 2.88. The molecule has 0 aliphatic heterocycles. The van der Waals surface area contributed by atoms with Gasteiger partial charge in [0, 0.05) is 5.38 Å². The van der Waals surface area contributed by atoms with E-state index in [1.54, 1.807) is 5.51 Å². The fraction of sp³-hybridized carbons (Fsp3) is 0.455. The van der Waals surface area contributed by atoms with Gasteiger partial charge in [0.1, 0.15) is 5.69 Å². The Morgan fingerprint density at radius 3 is 2.89 bits per heavy atom. The molecule has 0 amide bonds. The lowest BCUT2D eigenvalue weighted by Crippen LogP contribution is -2.03. The summed E-state index contributed by atoms with van der Waals surface area (Å²) in [6.07, 6.45) is 0. The van der Waals surface area contributed by atoms with Gasteiger partial charge < -0.3 is 9.63 Å². The van der Waals surface area contributed by atoms with E-state index in [0.29, 0.717) is 17.4 Å². The normalized spacial score (nSPS) is 25.0. The van der Waals surface area contributed by atoms with Gasteiger partial charge in [-0.2, -0.15) is 4.98 Å². The Hall–Kier alpha value is -1.76. The number of thiazole rings is 1. The molecule has 2 atom stereocenters. The standard InChI is InChI=1S/C11H11N3O3S/c1-11(2)6(7(11)10(15)16)9-13-8(14-17-9)5-3-18-4-12-5/h3-4,6-7H,1-2H3,(H,15,16). The molecular formula is C11H11N3O3S. The quantitative estimate of drug-likeness (QED) is 0.913. The summed E-state index contributed by atoms with van der Waals surface area (Å²) in [6, 6.07) is 0. The summed E-state index contributed by atoms with van der Waals surface area (Å²) in [5.41, 5.74) is 2.00. The molecule has 0 bridgehead atoms. The van der Waals surface area contributed by atoms with E-state index in [1.807, 2.05) is 19.2 Å². The molecule has 2 aromatic heterocycles. The molecule has 0 aromatic carbocycles. The monoisotopic (exact) mass is 265 g/mol. The highest BCUT2D eigenvalue weighted by Crippen LogP contribution is 2.64. The van der Waals surface area contributed by atoms with Crippen LogP contribution >= 0.6 is 11.3 Å². The summed E-state index contributed by atoms with van der Waals surface area (Å²) in [7, 11) is 0. The lowest BCUT2D eigenvalue weighted by atomic mass is 10.1. The van der Waals surface area contributed by atoms with Crippen LogP contribution < -0.4 is 0 Å². The van der Waals surface area contributed by atoms with Crippen molar-refractivity contribution in [3.8, 4) is 11.5 Å². The van der Waals surface area contributed by atoms with Crippen molar-refractivity contribution < 1.29 is 14.4 Å². The Morgan fingerprint density at radius 2 is 2.33 bits per heavy atom. The number of aliphatic carboxylic acids is 1. The number of carbonyl (C=O) groups is 1. The van der Waals surface area contributed by atoms with E-state index in [0.717, 1.165) is 0 Å². The van der Waals surface area contributed by atoms with Gasteiger partial charge in [-0.3, -0.25) is 4.79 Å². The molecule has 94 valence electrons. The van der Waals surface area contributed by atoms with Crippen molar-refractivity contribution in [3.05, 3.63) is 16.8 Å². The van der Waals surface area contributed by atoms with E-state index in [9.17, 15) is 4.79 Å². The number of hydrogen-bond donors (Lipinski definition) is 1. The van der Waals surface area contributed by atoms with Crippen molar-refractivity contribution in [3.63, 3.8) is 0 Å². The van der Waals surface area contributed by atoms with E-state index < -0.39 is 11.9 Å². The molecular weight excluding hydrogens is 254 g/mol. The summed E-state index contributed by atoms with van der Waals surface area (Å²) in [6.45, 7) is 3.78. The van der Waals surface area contributed by atoms with E-state index >= 15 is 0 Å². The molecule has 1 saturated carbocycles. The Kier molecular flexibility index (Phi) is 2.28. The van der Waals surface area contributed by atoms with Gasteiger partial charge in [-0.15, -0.1) is 11.3 Å². The molecule has 0 spiro atoms. The number of aromatic nitrogens is 3. The maximum Gasteiger partial charge on any atom is 0.307 e. The minimum Gasteiger partial charge on any atom is -0.481 e. The molecule has 2 unspecified atom stereocenters. The first-order valence-electron chi connectivity index (χ1n) is 5.47. The van der Waals surface area contributed by atoms with Gasteiger partial charge in [0.2, 0.25) is 11.7 Å². The van der Waals surface area contributed by atoms with Gasteiger partial charge >= 0.3 is 5.97 Å². The molecule has 7 heteroatoms. The van der Waals surface area contributed by atoms with Gasteiger partial charge in [0.15, 0.2) is 0 Å². The van der Waals surface area contributed by atoms with Crippen molar-refractivity contribution in [2.24, 2.45) is 11.3 Å². The molecule has 1 aliphatic carbocycles. The fourth-order valence-electron chi connectivity index (χ4n) is 2.35. The Morgan fingerprint density at radius 1 is 1.56 bits per heavy atom. The molecule has 1 aliphatic rings. The van der Waals surface area contributed by atoms with Crippen LogP contribution in [0.1, 0.15) is 25.7 Å². The van der Waals surface area contributed by atoms with Crippen LogP contribution in [0.4, 0.5) is 0 Å². The van der Waals surface area contributed by atoms with Gasteiger partial charge in [0.05, 0.1) is 17.3 Å². The van der Waals surface area contributed by atoms with Gasteiger partial charge in [-0.1, -0.05) is 19.0 Å². The van der Waals surface area contributed by atoms with E-state index in [2.05, 4.69) is 15.1 Å². The maximum atomic E-state index is 11.1. The number of carboxylic acid groups (broad SMARTS) is 1. The minimum absolute atomic E-state index is 0.213. The number of hydrogen-bond acceptors (Lipinski definition) is 6. The van der Waals surface area contributed by atoms with E-state index in [4.69, 9.17) is 9.63 Å².